The van der Waals surface area contributed by atoms with Crippen molar-refractivity contribution in [3.63, 3.8) is 0 Å². The fourth-order valence-electron chi connectivity index (χ4n) is 1.98. The van der Waals surface area contributed by atoms with Gasteiger partial charge in [0.15, 0.2) is 0 Å². The van der Waals surface area contributed by atoms with Crippen molar-refractivity contribution >= 4 is 22.2 Å². The molecular weight excluding hydrogens is 264 g/mol. The maximum absolute atomic E-state index is 4.74. The van der Waals surface area contributed by atoms with Gasteiger partial charge in [-0.25, -0.2) is 9.98 Å². The van der Waals surface area contributed by atoms with Crippen molar-refractivity contribution in [3.8, 4) is 0 Å². The molecule has 0 saturated heterocycles. The average Bonchev–Trinajstić information content (AvgIpc) is 2.92. The molecule has 0 aliphatic rings. The van der Waals surface area contributed by atoms with Crippen LogP contribution in [0.2, 0.25) is 0 Å². The Morgan fingerprint density at radius 3 is 1.90 bits per heavy atom. The second kappa shape index (κ2) is 5.80. The lowest BCUT2D eigenvalue weighted by Gasteiger charge is -2.06. The van der Waals surface area contributed by atoms with E-state index in [0.717, 1.165) is 27.7 Å². The smallest absolute Gasteiger partial charge is 0.209 e. The summed E-state index contributed by atoms with van der Waals surface area (Å²) in [5, 5.41) is 2.82. The van der Waals surface area contributed by atoms with E-state index < -0.39 is 0 Å². The number of aromatic nitrogens is 1. The largest absolute Gasteiger partial charge is 0.224 e. The number of nitrogens with zero attached hydrogens (tertiary/aromatic N) is 2. The van der Waals surface area contributed by atoms with E-state index in [2.05, 4.69) is 29.2 Å². The summed E-state index contributed by atoms with van der Waals surface area (Å²) in [5.41, 5.74) is 4.17. The Labute approximate surface area is 122 Å². The number of aryl methyl sites for hydroxylation is 1. The van der Waals surface area contributed by atoms with Crippen LogP contribution in [-0.4, -0.2) is 10.7 Å². The van der Waals surface area contributed by atoms with Crippen LogP contribution in [0.4, 0.5) is 5.13 Å². The fraction of sp³-hybridized carbons (Fsp3) is 0.0588. The van der Waals surface area contributed by atoms with Crippen LogP contribution in [0.15, 0.2) is 71.0 Å². The van der Waals surface area contributed by atoms with Gasteiger partial charge in [0.2, 0.25) is 5.13 Å². The number of hydrogen-bond donors (Lipinski definition) is 0. The lowest BCUT2D eigenvalue weighted by Crippen LogP contribution is -2.02. The highest BCUT2D eigenvalue weighted by Crippen LogP contribution is 2.22. The molecule has 2 nitrogen and oxygen atoms in total. The summed E-state index contributed by atoms with van der Waals surface area (Å²) >= 11 is 1.57. The van der Waals surface area contributed by atoms with Gasteiger partial charge < -0.3 is 0 Å². The predicted octanol–water partition coefficient (Wildman–Crippen LogP) is 4.62. The second-order valence-electron chi connectivity index (χ2n) is 4.46. The first-order valence-electron chi connectivity index (χ1n) is 6.44. The molecular formula is C17H14N2S. The minimum absolute atomic E-state index is 0.796. The zero-order valence-corrected chi connectivity index (χ0v) is 12.0. The van der Waals surface area contributed by atoms with Gasteiger partial charge in [-0.05, 0) is 6.92 Å². The van der Waals surface area contributed by atoms with Gasteiger partial charge in [-0.15, -0.1) is 11.3 Å². The van der Waals surface area contributed by atoms with Crippen molar-refractivity contribution in [1.29, 1.82) is 0 Å². The molecule has 0 atom stereocenters. The first kappa shape index (κ1) is 12.8. The molecule has 0 radical (unpaired) electrons. The van der Waals surface area contributed by atoms with Crippen LogP contribution in [0.3, 0.4) is 0 Å². The highest BCUT2D eigenvalue weighted by molar-refractivity contribution is 7.13. The molecule has 3 rings (SSSR count). The Bertz CT molecular complexity index is 674. The minimum atomic E-state index is 0.796. The average molecular weight is 278 g/mol. The van der Waals surface area contributed by atoms with Gasteiger partial charge in [0.25, 0.3) is 0 Å². The molecule has 0 aliphatic heterocycles. The van der Waals surface area contributed by atoms with E-state index in [9.17, 15) is 0 Å². The van der Waals surface area contributed by atoms with Crippen molar-refractivity contribution < 1.29 is 0 Å². The minimum Gasteiger partial charge on any atom is -0.224 e. The summed E-state index contributed by atoms with van der Waals surface area (Å²) in [6, 6.07) is 20.4. The molecule has 0 bridgehead atoms. The van der Waals surface area contributed by atoms with Crippen LogP contribution in [-0.2, 0) is 0 Å². The quantitative estimate of drug-likeness (QED) is 0.642. The maximum atomic E-state index is 4.74. The highest BCUT2D eigenvalue weighted by Gasteiger charge is 2.07. The highest BCUT2D eigenvalue weighted by atomic mass is 32.1. The van der Waals surface area contributed by atoms with E-state index >= 15 is 0 Å². The Kier molecular flexibility index (Phi) is 3.70. The van der Waals surface area contributed by atoms with Gasteiger partial charge >= 0.3 is 0 Å². The lowest BCUT2D eigenvalue weighted by atomic mass is 10.0. The van der Waals surface area contributed by atoms with Crippen molar-refractivity contribution in [3.05, 3.63) is 82.9 Å². The Morgan fingerprint density at radius 2 is 1.45 bits per heavy atom. The van der Waals surface area contributed by atoms with E-state index in [-0.39, 0.29) is 0 Å². The summed E-state index contributed by atoms with van der Waals surface area (Å²) in [6.07, 6.45) is 0. The fourth-order valence-corrected chi connectivity index (χ4v) is 2.65. The van der Waals surface area contributed by atoms with Crippen LogP contribution in [0.5, 0.6) is 0 Å². The molecule has 0 aliphatic carbocycles. The van der Waals surface area contributed by atoms with Gasteiger partial charge in [0, 0.05) is 16.5 Å². The summed E-state index contributed by atoms with van der Waals surface area (Å²) < 4.78 is 0. The molecule has 20 heavy (non-hydrogen) atoms. The maximum Gasteiger partial charge on any atom is 0.209 e. The molecule has 0 N–H and O–H groups in total. The number of benzene rings is 2. The van der Waals surface area contributed by atoms with Crippen molar-refractivity contribution in [1.82, 2.24) is 4.98 Å². The number of aliphatic imine (C=N–C) groups is 1. The SMILES string of the molecule is Cc1csc(N=C(c2ccccc2)c2ccccc2)n1. The van der Waals surface area contributed by atoms with Crippen molar-refractivity contribution in [2.45, 2.75) is 6.92 Å². The van der Waals surface area contributed by atoms with Crippen LogP contribution >= 0.6 is 11.3 Å². The molecule has 1 aromatic heterocycles. The summed E-state index contributed by atoms with van der Waals surface area (Å²) in [6.45, 7) is 1.99. The molecule has 98 valence electrons. The zero-order valence-electron chi connectivity index (χ0n) is 11.2. The first-order chi connectivity index (χ1) is 9.83. The van der Waals surface area contributed by atoms with E-state index in [1.807, 2.05) is 48.7 Å². The van der Waals surface area contributed by atoms with E-state index in [0.29, 0.717) is 0 Å². The molecule has 3 aromatic rings. The lowest BCUT2D eigenvalue weighted by molar-refractivity contribution is 1.24. The first-order valence-corrected chi connectivity index (χ1v) is 7.32. The Hall–Kier alpha value is -2.26. The third-order valence-corrected chi connectivity index (χ3v) is 3.76. The normalized spacial score (nSPS) is 10.2. The van der Waals surface area contributed by atoms with Crippen LogP contribution in [0, 0.1) is 6.92 Å². The predicted molar refractivity (Wildman–Crippen MR) is 85.0 cm³/mol. The molecule has 0 spiro atoms. The molecule has 3 heteroatoms. The Balaban J connectivity index is 2.11. The van der Waals surface area contributed by atoms with Crippen LogP contribution in [0.1, 0.15) is 16.8 Å². The van der Waals surface area contributed by atoms with Gasteiger partial charge in [-0.1, -0.05) is 60.7 Å². The van der Waals surface area contributed by atoms with Crippen LogP contribution < -0.4 is 0 Å². The zero-order chi connectivity index (χ0) is 13.8. The van der Waals surface area contributed by atoms with Gasteiger partial charge in [-0.2, -0.15) is 0 Å². The topological polar surface area (TPSA) is 25.2 Å². The third-order valence-electron chi connectivity index (χ3n) is 2.91. The van der Waals surface area contributed by atoms with E-state index in [1.54, 1.807) is 11.3 Å². The van der Waals surface area contributed by atoms with Gasteiger partial charge in [0.05, 0.1) is 11.4 Å². The van der Waals surface area contributed by atoms with Crippen molar-refractivity contribution in [2.24, 2.45) is 4.99 Å². The molecule has 0 fully saturated rings. The molecule has 0 unspecified atom stereocenters. The second-order valence-corrected chi connectivity index (χ2v) is 5.30. The molecule has 0 saturated carbocycles. The number of hydrogen-bond acceptors (Lipinski definition) is 3. The standard InChI is InChI=1S/C17H14N2S/c1-13-12-20-17(18-13)19-16(14-8-4-2-5-9-14)15-10-6-3-7-11-15/h2-12H,1H3. The summed E-state index contributed by atoms with van der Waals surface area (Å²) in [4.78, 5) is 9.18. The van der Waals surface area contributed by atoms with Gasteiger partial charge in [-0.3, -0.25) is 0 Å². The molecule has 0 amide bonds. The third kappa shape index (κ3) is 2.83. The van der Waals surface area contributed by atoms with Crippen molar-refractivity contribution in [2.75, 3.05) is 0 Å². The number of rotatable bonds is 3. The summed E-state index contributed by atoms with van der Waals surface area (Å²) in [5.74, 6) is 0. The van der Waals surface area contributed by atoms with Gasteiger partial charge in [0.1, 0.15) is 0 Å². The van der Waals surface area contributed by atoms with E-state index in [1.165, 1.54) is 0 Å². The summed E-state index contributed by atoms with van der Waals surface area (Å²) in [7, 11) is 0. The molecule has 2 aromatic carbocycles. The van der Waals surface area contributed by atoms with E-state index in [4.69, 9.17) is 4.99 Å². The molecule has 1 heterocycles. The monoisotopic (exact) mass is 278 g/mol. The Morgan fingerprint density at radius 1 is 0.900 bits per heavy atom. The number of thiazole rings is 1. The van der Waals surface area contributed by atoms with Crippen LogP contribution in [0.25, 0.3) is 0 Å².